The molecule has 1 N–H and O–H groups in total. The molecule has 2 heterocycles. The van der Waals surface area contributed by atoms with Crippen LogP contribution in [0.2, 0.25) is 0 Å². The van der Waals surface area contributed by atoms with Crippen LogP contribution in [0, 0.1) is 0 Å². The summed E-state index contributed by atoms with van der Waals surface area (Å²) in [5, 5.41) is 7.73. The van der Waals surface area contributed by atoms with Crippen LogP contribution in [0.3, 0.4) is 0 Å². The van der Waals surface area contributed by atoms with Gasteiger partial charge in [0.2, 0.25) is 0 Å². The van der Waals surface area contributed by atoms with Gasteiger partial charge in [-0.15, -0.1) is 0 Å². The van der Waals surface area contributed by atoms with Gasteiger partial charge in [0, 0.05) is 18.8 Å². The number of pyridine rings is 1. The lowest BCUT2D eigenvalue weighted by molar-refractivity contribution is 0.569. The molecule has 1 atom stereocenters. The molecule has 0 saturated heterocycles. The standard InChI is InChI=1S/C12H14N2S/c1-10(11-5-7-15-9-11)14-8-12-4-2-3-6-13-12/h2-7,9-10,14H,8H2,1H3. The molecule has 1 unspecified atom stereocenters. The van der Waals surface area contributed by atoms with Gasteiger partial charge in [-0.3, -0.25) is 4.98 Å². The third-order valence-corrected chi connectivity index (χ3v) is 3.06. The van der Waals surface area contributed by atoms with Gasteiger partial charge >= 0.3 is 0 Å². The Hall–Kier alpha value is -1.19. The molecule has 0 radical (unpaired) electrons. The van der Waals surface area contributed by atoms with Gasteiger partial charge in [0.15, 0.2) is 0 Å². The Bertz CT molecular complexity index is 383. The molecule has 78 valence electrons. The molecule has 0 aliphatic carbocycles. The van der Waals surface area contributed by atoms with Crippen molar-refractivity contribution < 1.29 is 0 Å². The lowest BCUT2D eigenvalue weighted by Crippen LogP contribution is -2.18. The van der Waals surface area contributed by atoms with E-state index in [1.807, 2.05) is 24.4 Å². The number of nitrogens with one attached hydrogen (secondary N) is 1. The molecule has 0 bridgehead atoms. The largest absolute Gasteiger partial charge is 0.305 e. The Morgan fingerprint density at radius 3 is 3.00 bits per heavy atom. The van der Waals surface area contributed by atoms with Gasteiger partial charge in [-0.1, -0.05) is 6.07 Å². The minimum absolute atomic E-state index is 0.387. The van der Waals surface area contributed by atoms with Crippen molar-refractivity contribution in [1.29, 1.82) is 0 Å². The number of hydrogen-bond donors (Lipinski definition) is 1. The van der Waals surface area contributed by atoms with Crippen molar-refractivity contribution in [3.8, 4) is 0 Å². The first-order valence-electron chi connectivity index (χ1n) is 5.01. The third-order valence-electron chi connectivity index (χ3n) is 2.36. The highest BCUT2D eigenvalue weighted by atomic mass is 32.1. The van der Waals surface area contributed by atoms with Gasteiger partial charge in [0.25, 0.3) is 0 Å². The molecule has 0 aliphatic heterocycles. The molecule has 0 spiro atoms. The van der Waals surface area contributed by atoms with Crippen LogP contribution in [0.15, 0.2) is 41.2 Å². The number of nitrogens with zero attached hydrogens (tertiary/aromatic N) is 1. The Kier molecular flexibility index (Phi) is 3.48. The second-order valence-electron chi connectivity index (χ2n) is 3.48. The highest BCUT2D eigenvalue weighted by Gasteiger charge is 2.04. The van der Waals surface area contributed by atoms with Gasteiger partial charge in [-0.25, -0.2) is 0 Å². The predicted molar refractivity (Wildman–Crippen MR) is 63.8 cm³/mol. The molecule has 0 saturated carbocycles. The monoisotopic (exact) mass is 218 g/mol. The maximum absolute atomic E-state index is 4.27. The molecule has 2 nitrogen and oxygen atoms in total. The van der Waals surface area contributed by atoms with Gasteiger partial charge < -0.3 is 5.32 Å². The van der Waals surface area contributed by atoms with E-state index in [1.54, 1.807) is 11.3 Å². The van der Waals surface area contributed by atoms with E-state index in [0.29, 0.717) is 6.04 Å². The van der Waals surface area contributed by atoms with E-state index < -0.39 is 0 Å². The van der Waals surface area contributed by atoms with Crippen molar-refractivity contribution >= 4 is 11.3 Å². The lowest BCUT2D eigenvalue weighted by atomic mass is 10.2. The maximum Gasteiger partial charge on any atom is 0.0541 e. The summed E-state index contributed by atoms with van der Waals surface area (Å²) in [6.45, 7) is 2.99. The minimum Gasteiger partial charge on any atom is -0.305 e. The van der Waals surface area contributed by atoms with E-state index in [0.717, 1.165) is 12.2 Å². The zero-order valence-corrected chi connectivity index (χ0v) is 9.50. The van der Waals surface area contributed by atoms with Crippen molar-refractivity contribution in [1.82, 2.24) is 10.3 Å². The van der Waals surface area contributed by atoms with Crippen LogP contribution >= 0.6 is 11.3 Å². The summed E-state index contributed by atoms with van der Waals surface area (Å²) >= 11 is 1.73. The average Bonchev–Trinajstić information content (AvgIpc) is 2.81. The van der Waals surface area contributed by atoms with E-state index in [9.17, 15) is 0 Å². The molecule has 2 aromatic heterocycles. The molecule has 0 aliphatic rings. The van der Waals surface area contributed by atoms with Crippen LogP contribution in [0.25, 0.3) is 0 Å². The first-order chi connectivity index (χ1) is 7.36. The summed E-state index contributed by atoms with van der Waals surface area (Å²) < 4.78 is 0. The smallest absolute Gasteiger partial charge is 0.0541 e. The summed E-state index contributed by atoms with van der Waals surface area (Å²) in [4.78, 5) is 4.27. The van der Waals surface area contributed by atoms with Crippen molar-refractivity contribution in [2.24, 2.45) is 0 Å². The zero-order chi connectivity index (χ0) is 10.5. The predicted octanol–water partition coefficient (Wildman–Crippen LogP) is 2.99. The van der Waals surface area contributed by atoms with Crippen LogP contribution < -0.4 is 5.32 Å². The maximum atomic E-state index is 4.27. The highest BCUT2D eigenvalue weighted by molar-refractivity contribution is 7.07. The van der Waals surface area contributed by atoms with Crippen molar-refractivity contribution in [3.63, 3.8) is 0 Å². The number of aromatic nitrogens is 1. The van der Waals surface area contributed by atoms with Crippen LogP contribution in [0.1, 0.15) is 24.2 Å². The van der Waals surface area contributed by atoms with Crippen molar-refractivity contribution in [2.45, 2.75) is 19.5 Å². The fourth-order valence-corrected chi connectivity index (χ4v) is 2.15. The summed E-state index contributed by atoms with van der Waals surface area (Å²) in [5.74, 6) is 0. The fourth-order valence-electron chi connectivity index (χ4n) is 1.40. The number of rotatable bonds is 4. The molecule has 3 heteroatoms. The van der Waals surface area contributed by atoms with E-state index >= 15 is 0 Å². The van der Waals surface area contributed by atoms with Crippen LogP contribution in [0.5, 0.6) is 0 Å². The third kappa shape index (κ3) is 2.88. The van der Waals surface area contributed by atoms with Crippen molar-refractivity contribution in [2.75, 3.05) is 0 Å². The van der Waals surface area contributed by atoms with E-state index in [1.165, 1.54) is 5.56 Å². The summed E-state index contributed by atoms with van der Waals surface area (Å²) in [7, 11) is 0. The molecular weight excluding hydrogens is 204 g/mol. The summed E-state index contributed by atoms with van der Waals surface area (Å²) in [5.41, 5.74) is 2.43. The zero-order valence-electron chi connectivity index (χ0n) is 8.68. The summed E-state index contributed by atoms with van der Waals surface area (Å²) in [6, 6.07) is 8.53. The number of hydrogen-bond acceptors (Lipinski definition) is 3. The number of thiophene rings is 1. The van der Waals surface area contributed by atoms with Crippen LogP contribution in [-0.4, -0.2) is 4.98 Å². The molecule has 0 aromatic carbocycles. The highest BCUT2D eigenvalue weighted by Crippen LogP contribution is 2.15. The van der Waals surface area contributed by atoms with Gasteiger partial charge in [-0.05, 0) is 41.4 Å². The lowest BCUT2D eigenvalue weighted by Gasteiger charge is -2.11. The average molecular weight is 218 g/mol. The normalized spacial score (nSPS) is 12.6. The van der Waals surface area contributed by atoms with Crippen molar-refractivity contribution in [3.05, 3.63) is 52.5 Å². The molecule has 2 aromatic rings. The minimum atomic E-state index is 0.387. The van der Waals surface area contributed by atoms with E-state index in [2.05, 4.69) is 34.1 Å². The summed E-state index contributed by atoms with van der Waals surface area (Å²) in [6.07, 6.45) is 1.83. The van der Waals surface area contributed by atoms with Gasteiger partial charge in [0.1, 0.15) is 0 Å². The Morgan fingerprint density at radius 1 is 1.40 bits per heavy atom. The molecule has 0 amide bonds. The Morgan fingerprint density at radius 2 is 2.33 bits per heavy atom. The first-order valence-corrected chi connectivity index (χ1v) is 5.96. The van der Waals surface area contributed by atoms with E-state index in [4.69, 9.17) is 0 Å². The Labute approximate surface area is 94.0 Å². The van der Waals surface area contributed by atoms with Crippen LogP contribution in [0.4, 0.5) is 0 Å². The molecular formula is C12H14N2S. The Balaban J connectivity index is 1.89. The van der Waals surface area contributed by atoms with Gasteiger partial charge in [0.05, 0.1) is 5.69 Å². The molecule has 15 heavy (non-hydrogen) atoms. The molecule has 2 rings (SSSR count). The topological polar surface area (TPSA) is 24.9 Å². The second kappa shape index (κ2) is 5.05. The molecule has 0 fully saturated rings. The second-order valence-corrected chi connectivity index (χ2v) is 4.26. The fraction of sp³-hybridized carbons (Fsp3) is 0.250. The van der Waals surface area contributed by atoms with Crippen LogP contribution in [-0.2, 0) is 6.54 Å². The SMILES string of the molecule is CC(NCc1ccccn1)c1ccsc1. The first kappa shape index (κ1) is 10.3. The quantitative estimate of drug-likeness (QED) is 0.853. The van der Waals surface area contributed by atoms with Gasteiger partial charge in [-0.2, -0.15) is 11.3 Å². The van der Waals surface area contributed by atoms with E-state index in [-0.39, 0.29) is 0 Å².